The second-order valence-electron chi connectivity index (χ2n) is 5.65. The van der Waals surface area contributed by atoms with E-state index in [0.717, 1.165) is 27.8 Å². The van der Waals surface area contributed by atoms with E-state index in [1.807, 2.05) is 32.2 Å². The Labute approximate surface area is 159 Å². The summed E-state index contributed by atoms with van der Waals surface area (Å²) in [7, 11) is 0. The monoisotopic (exact) mass is 386 g/mol. The maximum atomic E-state index is 12.3. The molecule has 1 atom stereocenters. The van der Waals surface area contributed by atoms with Gasteiger partial charge in [0.15, 0.2) is 5.16 Å². The second kappa shape index (κ2) is 8.33. The minimum atomic E-state index is -0.297. The number of carbonyl (C=O) groups excluding carboxylic acids is 1. The number of aromatic nitrogens is 5. The Hall–Kier alpha value is -2.39. The Bertz CT molecular complexity index is 879. The molecule has 9 heteroatoms. The van der Waals surface area contributed by atoms with Gasteiger partial charge in [0.2, 0.25) is 5.91 Å². The van der Waals surface area contributed by atoms with E-state index in [-0.39, 0.29) is 11.2 Å². The van der Waals surface area contributed by atoms with Crippen LogP contribution in [-0.4, -0.2) is 36.1 Å². The molecule has 0 saturated heterocycles. The molecule has 3 aromatic rings. The van der Waals surface area contributed by atoms with Crippen LogP contribution in [0.5, 0.6) is 0 Å². The first-order valence-corrected chi connectivity index (χ1v) is 9.74. The zero-order valence-corrected chi connectivity index (χ0v) is 16.3. The van der Waals surface area contributed by atoms with Gasteiger partial charge in [0, 0.05) is 29.2 Å². The van der Waals surface area contributed by atoms with E-state index in [0.29, 0.717) is 11.7 Å². The van der Waals surface area contributed by atoms with E-state index in [1.165, 1.54) is 23.1 Å². The summed E-state index contributed by atoms with van der Waals surface area (Å²) in [6.45, 7) is 6.04. The van der Waals surface area contributed by atoms with Crippen LogP contribution in [0.25, 0.3) is 10.7 Å². The lowest BCUT2D eigenvalue weighted by Crippen LogP contribution is -2.30. The van der Waals surface area contributed by atoms with Gasteiger partial charge in [0.1, 0.15) is 10.7 Å². The lowest BCUT2D eigenvalue weighted by Gasteiger charge is -2.11. The normalized spacial score (nSPS) is 12.0. The highest BCUT2D eigenvalue weighted by molar-refractivity contribution is 8.00. The molecule has 26 heavy (non-hydrogen) atoms. The Balaban J connectivity index is 1.56. The van der Waals surface area contributed by atoms with E-state index in [1.54, 1.807) is 18.6 Å². The fourth-order valence-corrected chi connectivity index (χ4v) is 3.87. The van der Waals surface area contributed by atoms with Gasteiger partial charge in [0.25, 0.3) is 0 Å². The van der Waals surface area contributed by atoms with E-state index in [2.05, 4.69) is 30.2 Å². The van der Waals surface area contributed by atoms with E-state index < -0.39 is 0 Å². The summed E-state index contributed by atoms with van der Waals surface area (Å²) in [6.07, 6.45) is 4.92. The topological polar surface area (TPSA) is 93.6 Å². The number of nitrogens with zero attached hydrogens (tertiary/aromatic N) is 5. The van der Waals surface area contributed by atoms with Crippen LogP contribution in [0.15, 0.2) is 35.2 Å². The van der Waals surface area contributed by atoms with Crippen molar-refractivity contribution >= 4 is 29.0 Å². The molecule has 0 aliphatic heterocycles. The summed E-state index contributed by atoms with van der Waals surface area (Å²) < 4.78 is 0. The van der Waals surface area contributed by atoms with Gasteiger partial charge in [-0.05, 0) is 26.8 Å². The van der Waals surface area contributed by atoms with Gasteiger partial charge in [-0.1, -0.05) is 11.8 Å². The van der Waals surface area contributed by atoms with Crippen LogP contribution in [-0.2, 0) is 11.3 Å². The lowest BCUT2D eigenvalue weighted by molar-refractivity contribution is -0.120. The Kier molecular flexibility index (Phi) is 5.89. The minimum Gasteiger partial charge on any atom is -0.349 e. The van der Waals surface area contributed by atoms with Crippen molar-refractivity contribution in [2.75, 3.05) is 0 Å². The fourth-order valence-electron chi connectivity index (χ4n) is 2.19. The molecule has 0 aliphatic rings. The molecule has 0 bridgehead atoms. The van der Waals surface area contributed by atoms with E-state index in [9.17, 15) is 4.79 Å². The number of aryl methyl sites for hydroxylation is 2. The molecule has 1 N–H and O–H groups in total. The molecule has 0 aromatic carbocycles. The first-order valence-electron chi connectivity index (χ1n) is 7.98. The standard InChI is InChI=1S/C17H18N6OS2/c1-10-6-11(2)22-17(21-10)26-12(3)15(24)20-7-13-9-25-16(23-13)14-8-18-4-5-19-14/h4-6,8-9,12H,7H2,1-3H3,(H,20,24). The van der Waals surface area contributed by atoms with Crippen molar-refractivity contribution in [3.8, 4) is 10.7 Å². The predicted octanol–water partition coefficient (Wildman–Crippen LogP) is 2.80. The third-order valence-electron chi connectivity index (χ3n) is 3.39. The average Bonchev–Trinajstić information content (AvgIpc) is 3.08. The van der Waals surface area contributed by atoms with Crippen LogP contribution in [0.1, 0.15) is 24.0 Å². The summed E-state index contributed by atoms with van der Waals surface area (Å²) in [6, 6.07) is 1.91. The largest absolute Gasteiger partial charge is 0.349 e. The number of thioether (sulfide) groups is 1. The number of amides is 1. The Morgan fingerprint density at radius 2 is 2.00 bits per heavy atom. The van der Waals surface area contributed by atoms with Crippen LogP contribution in [0.2, 0.25) is 0 Å². The van der Waals surface area contributed by atoms with Crippen molar-refractivity contribution in [1.29, 1.82) is 0 Å². The molecule has 134 valence electrons. The maximum absolute atomic E-state index is 12.3. The molecular weight excluding hydrogens is 368 g/mol. The molecule has 3 aromatic heterocycles. The summed E-state index contributed by atoms with van der Waals surface area (Å²) in [5.74, 6) is -0.0770. The average molecular weight is 387 g/mol. The molecule has 0 fully saturated rings. The minimum absolute atomic E-state index is 0.0770. The zero-order valence-electron chi connectivity index (χ0n) is 14.6. The third-order valence-corrected chi connectivity index (χ3v) is 5.27. The predicted molar refractivity (Wildman–Crippen MR) is 102 cm³/mol. The number of thiazole rings is 1. The molecule has 0 radical (unpaired) electrons. The van der Waals surface area contributed by atoms with Crippen molar-refractivity contribution in [2.24, 2.45) is 0 Å². The van der Waals surface area contributed by atoms with Crippen molar-refractivity contribution in [1.82, 2.24) is 30.2 Å². The van der Waals surface area contributed by atoms with Gasteiger partial charge < -0.3 is 5.32 Å². The van der Waals surface area contributed by atoms with Crippen molar-refractivity contribution in [2.45, 2.75) is 37.7 Å². The molecule has 1 amide bonds. The summed E-state index contributed by atoms with van der Waals surface area (Å²) in [4.78, 5) is 33.8. The fraction of sp³-hybridized carbons (Fsp3) is 0.294. The number of hydrogen-bond acceptors (Lipinski definition) is 8. The van der Waals surface area contributed by atoms with Gasteiger partial charge in [0.05, 0.1) is 23.7 Å². The van der Waals surface area contributed by atoms with Crippen molar-refractivity contribution in [3.05, 3.63) is 47.1 Å². The van der Waals surface area contributed by atoms with Crippen molar-refractivity contribution < 1.29 is 4.79 Å². The summed E-state index contributed by atoms with van der Waals surface area (Å²) in [5.41, 5.74) is 3.31. The Morgan fingerprint density at radius 3 is 2.69 bits per heavy atom. The zero-order chi connectivity index (χ0) is 18.5. The smallest absolute Gasteiger partial charge is 0.233 e. The molecule has 7 nitrogen and oxygen atoms in total. The SMILES string of the molecule is Cc1cc(C)nc(SC(C)C(=O)NCc2csc(-c3cnccn3)n2)n1. The van der Waals surface area contributed by atoms with Crippen molar-refractivity contribution in [3.63, 3.8) is 0 Å². The Morgan fingerprint density at radius 1 is 1.23 bits per heavy atom. The number of hydrogen-bond donors (Lipinski definition) is 1. The van der Waals surface area contributed by atoms with Gasteiger partial charge >= 0.3 is 0 Å². The highest BCUT2D eigenvalue weighted by Gasteiger charge is 2.17. The van der Waals surface area contributed by atoms with Crippen LogP contribution in [0, 0.1) is 13.8 Å². The highest BCUT2D eigenvalue weighted by atomic mass is 32.2. The van der Waals surface area contributed by atoms with Crippen LogP contribution in [0.4, 0.5) is 0 Å². The maximum Gasteiger partial charge on any atom is 0.233 e. The van der Waals surface area contributed by atoms with Crippen LogP contribution < -0.4 is 5.32 Å². The quantitative estimate of drug-likeness (QED) is 0.514. The van der Waals surface area contributed by atoms with Gasteiger partial charge in [-0.2, -0.15) is 0 Å². The number of carbonyl (C=O) groups is 1. The molecule has 0 spiro atoms. The van der Waals surface area contributed by atoms with E-state index >= 15 is 0 Å². The second-order valence-corrected chi connectivity index (χ2v) is 7.81. The summed E-state index contributed by atoms with van der Waals surface area (Å²) in [5, 5.41) is 5.92. The number of rotatable bonds is 6. The third kappa shape index (κ3) is 4.83. The molecule has 0 saturated carbocycles. The van der Waals surface area contributed by atoms with Gasteiger partial charge in [-0.25, -0.2) is 15.0 Å². The molecule has 0 aliphatic carbocycles. The highest BCUT2D eigenvalue weighted by Crippen LogP contribution is 2.22. The first kappa shape index (κ1) is 18.4. The molecular formula is C17H18N6OS2. The number of nitrogens with one attached hydrogen (secondary N) is 1. The van der Waals surface area contributed by atoms with E-state index in [4.69, 9.17) is 0 Å². The van der Waals surface area contributed by atoms with Gasteiger partial charge in [-0.15, -0.1) is 11.3 Å². The molecule has 3 heterocycles. The van der Waals surface area contributed by atoms with Gasteiger partial charge in [-0.3, -0.25) is 14.8 Å². The van der Waals surface area contributed by atoms with Crippen LogP contribution in [0.3, 0.4) is 0 Å². The van der Waals surface area contributed by atoms with Crippen LogP contribution >= 0.6 is 23.1 Å². The lowest BCUT2D eigenvalue weighted by atomic mass is 10.4. The molecule has 1 unspecified atom stereocenters. The summed E-state index contributed by atoms with van der Waals surface area (Å²) >= 11 is 2.83. The first-order chi connectivity index (χ1) is 12.5. The molecule has 3 rings (SSSR count).